The Morgan fingerprint density at radius 2 is 0.767 bits per heavy atom. The van der Waals surface area contributed by atoms with Gasteiger partial charge >= 0.3 is 0 Å². The van der Waals surface area contributed by atoms with Crippen LogP contribution >= 0.6 is 0 Å². The number of hydrogen-bond donors (Lipinski definition) is 0. The Hall–Kier alpha value is -8.08. The average molecular weight is 763 g/mol. The van der Waals surface area contributed by atoms with Crippen molar-refractivity contribution in [2.75, 3.05) is 0 Å². The standard InChI is InChI=1S/C56H34N4/c1-2-10-42-33-44(28-17-35(42)9-1)53-48-15-7-8-16-52(48)59-56(60-53)41-26-22-38(23-27-41)51-32-30-40-25-24-39-29-31-50(57-54(39)55(40)58-51)37-20-18-36(19-21-37)49-34-43-11-3-4-12-45(43)46-13-5-6-14-47(46)49/h1-34H. The van der Waals surface area contributed by atoms with E-state index < -0.39 is 0 Å². The van der Waals surface area contributed by atoms with Crippen LogP contribution in [-0.2, 0) is 0 Å². The van der Waals surface area contributed by atoms with E-state index in [1.54, 1.807) is 0 Å². The molecule has 0 aliphatic heterocycles. The predicted octanol–water partition coefficient (Wildman–Crippen LogP) is 14.5. The zero-order chi connectivity index (χ0) is 39.6. The number of para-hydroxylation sites is 1. The predicted molar refractivity (Wildman–Crippen MR) is 250 cm³/mol. The second-order valence-electron chi connectivity index (χ2n) is 15.4. The van der Waals surface area contributed by atoms with Gasteiger partial charge < -0.3 is 0 Å². The van der Waals surface area contributed by atoms with Crippen LogP contribution in [0.2, 0.25) is 0 Å². The van der Waals surface area contributed by atoms with Crippen LogP contribution in [-0.4, -0.2) is 19.9 Å². The van der Waals surface area contributed by atoms with Crippen molar-refractivity contribution >= 4 is 65.0 Å². The zero-order valence-corrected chi connectivity index (χ0v) is 32.4. The van der Waals surface area contributed by atoms with Gasteiger partial charge in [0.2, 0.25) is 0 Å². The molecule has 0 aliphatic rings. The second-order valence-corrected chi connectivity index (χ2v) is 15.4. The summed E-state index contributed by atoms with van der Waals surface area (Å²) in [4.78, 5) is 20.7. The zero-order valence-electron chi connectivity index (χ0n) is 32.4. The van der Waals surface area contributed by atoms with Gasteiger partial charge in [-0.05, 0) is 73.8 Å². The van der Waals surface area contributed by atoms with E-state index in [4.69, 9.17) is 19.9 Å². The Kier molecular flexibility index (Phi) is 7.82. The van der Waals surface area contributed by atoms with E-state index in [2.05, 4.69) is 194 Å². The van der Waals surface area contributed by atoms with Gasteiger partial charge in [0.05, 0.1) is 33.6 Å². The summed E-state index contributed by atoms with van der Waals surface area (Å²) in [6.07, 6.45) is 0. The van der Waals surface area contributed by atoms with E-state index in [0.29, 0.717) is 5.82 Å². The van der Waals surface area contributed by atoms with Crippen LogP contribution in [0.3, 0.4) is 0 Å². The molecule has 12 rings (SSSR count). The summed E-state index contributed by atoms with van der Waals surface area (Å²) >= 11 is 0. The Labute approximate surface area is 346 Å². The molecule has 60 heavy (non-hydrogen) atoms. The van der Waals surface area contributed by atoms with Gasteiger partial charge in [0.15, 0.2) is 5.82 Å². The molecule has 0 amide bonds. The summed E-state index contributed by atoms with van der Waals surface area (Å²) in [6.45, 7) is 0. The molecule has 0 aliphatic carbocycles. The number of pyridine rings is 2. The highest BCUT2D eigenvalue weighted by Gasteiger charge is 2.14. The topological polar surface area (TPSA) is 51.6 Å². The third kappa shape index (κ3) is 5.77. The Bertz CT molecular complexity index is 3650. The molecule has 0 spiro atoms. The highest BCUT2D eigenvalue weighted by Crippen LogP contribution is 2.37. The maximum atomic E-state index is 5.25. The summed E-state index contributed by atoms with van der Waals surface area (Å²) < 4.78 is 0. The largest absolute Gasteiger partial charge is 0.245 e. The number of hydrogen-bond acceptors (Lipinski definition) is 4. The van der Waals surface area contributed by atoms with Gasteiger partial charge in [0.25, 0.3) is 0 Å². The van der Waals surface area contributed by atoms with Crippen LogP contribution in [0.1, 0.15) is 0 Å². The Balaban J connectivity index is 0.886. The lowest BCUT2D eigenvalue weighted by molar-refractivity contribution is 1.23. The molecule has 9 aromatic carbocycles. The lowest BCUT2D eigenvalue weighted by atomic mass is 9.93. The fraction of sp³-hybridized carbons (Fsp3) is 0. The Morgan fingerprint density at radius 3 is 1.47 bits per heavy atom. The van der Waals surface area contributed by atoms with E-state index in [9.17, 15) is 0 Å². The van der Waals surface area contributed by atoms with Crippen molar-refractivity contribution in [3.05, 3.63) is 206 Å². The number of nitrogens with zero attached hydrogens (tertiary/aromatic N) is 4. The molecular formula is C56H34N4. The van der Waals surface area contributed by atoms with Crippen molar-refractivity contribution in [3.63, 3.8) is 0 Å². The summed E-state index contributed by atoms with van der Waals surface area (Å²) in [6, 6.07) is 72.8. The van der Waals surface area contributed by atoms with Crippen molar-refractivity contribution in [3.8, 4) is 56.3 Å². The summed E-state index contributed by atoms with van der Waals surface area (Å²) in [5, 5.41) is 10.6. The van der Waals surface area contributed by atoms with Gasteiger partial charge in [-0.3, -0.25) is 0 Å². The number of aromatic nitrogens is 4. The summed E-state index contributed by atoms with van der Waals surface area (Å²) in [5.74, 6) is 0.691. The van der Waals surface area contributed by atoms with Crippen molar-refractivity contribution in [2.24, 2.45) is 0 Å². The first-order valence-corrected chi connectivity index (χ1v) is 20.3. The van der Waals surface area contributed by atoms with E-state index >= 15 is 0 Å². The Morgan fingerprint density at radius 1 is 0.267 bits per heavy atom. The SMILES string of the molecule is c1ccc2cc(-c3nc(-c4ccc(-c5ccc6ccc7ccc(-c8ccc(-c9cc%10ccccc%10c%10ccccc9%10)cc8)nc7c6n5)cc4)nc4ccccc34)ccc2c1. The lowest BCUT2D eigenvalue weighted by Gasteiger charge is -2.12. The van der Waals surface area contributed by atoms with E-state index in [0.717, 1.165) is 72.0 Å². The third-order valence-electron chi connectivity index (χ3n) is 11.8. The fourth-order valence-electron chi connectivity index (χ4n) is 8.76. The van der Waals surface area contributed by atoms with E-state index in [-0.39, 0.29) is 0 Å². The monoisotopic (exact) mass is 762 g/mol. The van der Waals surface area contributed by atoms with Crippen molar-refractivity contribution in [1.29, 1.82) is 0 Å². The smallest absolute Gasteiger partial charge is 0.160 e. The third-order valence-corrected chi connectivity index (χ3v) is 11.8. The normalized spacial score (nSPS) is 11.7. The van der Waals surface area contributed by atoms with Crippen molar-refractivity contribution in [1.82, 2.24) is 19.9 Å². The van der Waals surface area contributed by atoms with E-state index in [1.807, 2.05) is 12.1 Å². The molecule has 0 atom stereocenters. The molecule has 4 heteroatoms. The highest BCUT2D eigenvalue weighted by molar-refractivity contribution is 6.14. The molecule has 3 aromatic heterocycles. The van der Waals surface area contributed by atoms with Crippen LogP contribution < -0.4 is 0 Å². The average Bonchev–Trinajstić information content (AvgIpc) is 3.33. The molecule has 0 radical (unpaired) electrons. The molecule has 0 unspecified atom stereocenters. The number of fused-ring (bicyclic) bond motifs is 8. The van der Waals surface area contributed by atoms with Crippen LogP contribution in [0.25, 0.3) is 121 Å². The van der Waals surface area contributed by atoms with Gasteiger partial charge in [-0.15, -0.1) is 0 Å². The minimum atomic E-state index is 0.691. The maximum absolute atomic E-state index is 5.25. The van der Waals surface area contributed by atoms with Crippen LogP contribution in [0.5, 0.6) is 0 Å². The molecule has 0 saturated heterocycles. The molecule has 278 valence electrons. The second kappa shape index (κ2) is 13.8. The minimum absolute atomic E-state index is 0.691. The molecule has 0 fully saturated rings. The fourth-order valence-corrected chi connectivity index (χ4v) is 8.76. The van der Waals surface area contributed by atoms with Gasteiger partial charge in [-0.2, -0.15) is 0 Å². The summed E-state index contributed by atoms with van der Waals surface area (Å²) in [5.41, 5.74) is 11.9. The minimum Gasteiger partial charge on any atom is -0.245 e. The first-order valence-electron chi connectivity index (χ1n) is 20.3. The number of rotatable bonds is 5. The van der Waals surface area contributed by atoms with E-state index in [1.165, 1.54) is 43.4 Å². The molecular weight excluding hydrogens is 729 g/mol. The lowest BCUT2D eigenvalue weighted by Crippen LogP contribution is -1.95. The molecule has 0 N–H and O–H groups in total. The van der Waals surface area contributed by atoms with Crippen LogP contribution in [0, 0.1) is 0 Å². The van der Waals surface area contributed by atoms with Crippen molar-refractivity contribution in [2.45, 2.75) is 0 Å². The van der Waals surface area contributed by atoms with Gasteiger partial charge in [-0.1, -0.05) is 176 Å². The van der Waals surface area contributed by atoms with Crippen LogP contribution in [0.15, 0.2) is 206 Å². The molecule has 4 nitrogen and oxygen atoms in total. The van der Waals surface area contributed by atoms with Crippen molar-refractivity contribution < 1.29 is 0 Å². The molecule has 3 heterocycles. The molecule has 12 aromatic rings. The maximum Gasteiger partial charge on any atom is 0.160 e. The van der Waals surface area contributed by atoms with Gasteiger partial charge in [0, 0.05) is 38.4 Å². The number of benzene rings is 9. The highest BCUT2D eigenvalue weighted by atomic mass is 14.9. The quantitative estimate of drug-likeness (QED) is 0.164. The molecule has 0 saturated carbocycles. The first-order chi connectivity index (χ1) is 29.7. The van der Waals surface area contributed by atoms with Crippen LogP contribution in [0.4, 0.5) is 0 Å². The first kappa shape index (κ1) is 34.0. The molecule has 0 bridgehead atoms. The van der Waals surface area contributed by atoms with Gasteiger partial charge in [0.1, 0.15) is 0 Å². The summed E-state index contributed by atoms with van der Waals surface area (Å²) in [7, 11) is 0. The van der Waals surface area contributed by atoms with Gasteiger partial charge in [-0.25, -0.2) is 19.9 Å².